The molecule has 0 aliphatic rings. The van der Waals surface area contributed by atoms with Gasteiger partial charge in [-0.3, -0.25) is 4.79 Å². The second-order valence-corrected chi connectivity index (χ2v) is 5.94. The van der Waals surface area contributed by atoms with Crippen molar-refractivity contribution in [1.29, 1.82) is 5.26 Å². The van der Waals surface area contributed by atoms with Gasteiger partial charge in [-0.15, -0.1) is 0 Å². The van der Waals surface area contributed by atoms with Gasteiger partial charge in [-0.2, -0.15) is 5.26 Å². The molecule has 1 atom stereocenters. The highest BCUT2D eigenvalue weighted by atomic mass is 35.5. The highest BCUT2D eigenvalue weighted by Crippen LogP contribution is 2.22. The molecule has 0 saturated carbocycles. The molecule has 5 heteroatoms. The van der Waals surface area contributed by atoms with Crippen molar-refractivity contribution in [2.24, 2.45) is 11.1 Å². The number of hydrogen-bond acceptors (Lipinski definition) is 3. The molecular formula is C14H18ClN3O. The minimum Gasteiger partial charge on any atom is -0.327 e. The normalized spacial score (nSPS) is 12.6. The molecule has 1 rings (SSSR count). The van der Waals surface area contributed by atoms with E-state index in [0.717, 1.165) is 0 Å². The lowest BCUT2D eigenvalue weighted by atomic mass is 9.85. The quantitative estimate of drug-likeness (QED) is 0.893. The molecule has 1 unspecified atom stereocenters. The van der Waals surface area contributed by atoms with E-state index < -0.39 is 0 Å². The van der Waals surface area contributed by atoms with Gasteiger partial charge in [0, 0.05) is 18.2 Å². The Hall–Kier alpha value is -1.57. The molecule has 0 bridgehead atoms. The van der Waals surface area contributed by atoms with Crippen LogP contribution in [-0.4, -0.2) is 11.9 Å². The Labute approximate surface area is 118 Å². The van der Waals surface area contributed by atoms with Gasteiger partial charge in [0.15, 0.2) is 0 Å². The number of nitriles is 1. The highest BCUT2D eigenvalue weighted by Gasteiger charge is 2.23. The molecule has 0 heterocycles. The summed E-state index contributed by atoms with van der Waals surface area (Å²) < 4.78 is 0. The first-order chi connectivity index (χ1) is 8.74. The Morgan fingerprint density at radius 1 is 1.53 bits per heavy atom. The van der Waals surface area contributed by atoms with Gasteiger partial charge >= 0.3 is 0 Å². The number of carbonyl (C=O) groups excluding carboxylic acids is 1. The van der Waals surface area contributed by atoms with Crippen molar-refractivity contribution in [1.82, 2.24) is 0 Å². The standard InChI is InChI=1S/C14H18ClN3O/c1-14(2,3)12(17)7-13(19)18-10-4-5-11(15)9(6-10)8-16/h4-6,12H,7,17H2,1-3H3,(H,18,19). The smallest absolute Gasteiger partial charge is 0.225 e. The van der Waals surface area contributed by atoms with E-state index in [-0.39, 0.29) is 23.8 Å². The van der Waals surface area contributed by atoms with Crippen molar-refractivity contribution in [3.8, 4) is 6.07 Å². The van der Waals surface area contributed by atoms with Crippen LogP contribution in [0.1, 0.15) is 32.8 Å². The predicted molar refractivity (Wildman–Crippen MR) is 76.8 cm³/mol. The van der Waals surface area contributed by atoms with E-state index in [4.69, 9.17) is 22.6 Å². The van der Waals surface area contributed by atoms with Crippen LogP contribution >= 0.6 is 11.6 Å². The van der Waals surface area contributed by atoms with Crippen LogP contribution in [-0.2, 0) is 4.79 Å². The molecule has 0 aliphatic carbocycles. The summed E-state index contributed by atoms with van der Waals surface area (Å²) in [5.41, 5.74) is 6.70. The Bertz CT molecular complexity index is 514. The van der Waals surface area contributed by atoms with Crippen LogP contribution in [0.5, 0.6) is 0 Å². The minimum absolute atomic E-state index is 0.130. The monoisotopic (exact) mass is 279 g/mol. The van der Waals surface area contributed by atoms with E-state index in [1.165, 1.54) is 0 Å². The van der Waals surface area contributed by atoms with E-state index >= 15 is 0 Å². The number of carbonyl (C=O) groups is 1. The molecule has 19 heavy (non-hydrogen) atoms. The molecule has 0 aliphatic heterocycles. The molecule has 0 aromatic heterocycles. The third-order valence-electron chi connectivity index (χ3n) is 2.89. The van der Waals surface area contributed by atoms with Crippen LogP contribution < -0.4 is 11.1 Å². The average Bonchev–Trinajstić information content (AvgIpc) is 2.30. The third kappa shape index (κ3) is 4.55. The maximum absolute atomic E-state index is 11.8. The average molecular weight is 280 g/mol. The van der Waals surface area contributed by atoms with Crippen molar-refractivity contribution in [3.05, 3.63) is 28.8 Å². The number of rotatable bonds is 3. The zero-order chi connectivity index (χ0) is 14.6. The minimum atomic E-state index is -0.227. The Morgan fingerprint density at radius 3 is 2.68 bits per heavy atom. The van der Waals surface area contributed by atoms with E-state index in [1.807, 2.05) is 26.8 Å². The van der Waals surface area contributed by atoms with Crippen molar-refractivity contribution in [2.45, 2.75) is 33.2 Å². The van der Waals surface area contributed by atoms with Gasteiger partial charge in [-0.05, 0) is 23.6 Å². The van der Waals surface area contributed by atoms with Crippen LogP contribution in [0.3, 0.4) is 0 Å². The summed E-state index contributed by atoms with van der Waals surface area (Å²) in [7, 11) is 0. The second-order valence-electron chi connectivity index (χ2n) is 5.53. The lowest BCUT2D eigenvalue weighted by Gasteiger charge is -2.26. The van der Waals surface area contributed by atoms with Crippen LogP contribution in [0.15, 0.2) is 18.2 Å². The molecule has 0 fully saturated rings. The summed E-state index contributed by atoms with van der Waals surface area (Å²) in [5.74, 6) is -0.173. The molecule has 0 spiro atoms. The summed E-state index contributed by atoms with van der Waals surface area (Å²) in [6.45, 7) is 5.96. The van der Waals surface area contributed by atoms with Crippen molar-refractivity contribution in [2.75, 3.05) is 5.32 Å². The summed E-state index contributed by atoms with van der Waals surface area (Å²) in [5, 5.41) is 11.9. The van der Waals surface area contributed by atoms with Crippen LogP contribution in [0.25, 0.3) is 0 Å². The number of anilines is 1. The molecule has 0 saturated heterocycles. The van der Waals surface area contributed by atoms with Crippen molar-refractivity contribution in [3.63, 3.8) is 0 Å². The lowest BCUT2D eigenvalue weighted by Crippen LogP contribution is -2.38. The van der Waals surface area contributed by atoms with E-state index in [9.17, 15) is 4.79 Å². The molecule has 1 amide bonds. The molecular weight excluding hydrogens is 262 g/mol. The van der Waals surface area contributed by atoms with Crippen molar-refractivity contribution < 1.29 is 4.79 Å². The number of nitrogens with zero attached hydrogens (tertiary/aromatic N) is 1. The number of benzene rings is 1. The first kappa shape index (κ1) is 15.5. The van der Waals surface area contributed by atoms with Gasteiger partial charge < -0.3 is 11.1 Å². The summed E-state index contributed by atoms with van der Waals surface area (Å²) in [6.07, 6.45) is 0.230. The zero-order valence-electron chi connectivity index (χ0n) is 11.3. The Kier molecular flexibility index (Phi) is 4.93. The Morgan fingerprint density at radius 2 is 2.16 bits per heavy atom. The lowest BCUT2D eigenvalue weighted by molar-refractivity contribution is -0.117. The number of amides is 1. The van der Waals surface area contributed by atoms with E-state index in [2.05, 4.69) is 5.32 Å². The van der Waals surface area contributed by atoms with Gasteiger partial charge in [-0.25, -0.2) is 0 Å². The van der Waals surface area contributed by atoms with Crippen LogP contribution in [0, 0.1) is 16.7 Å². The number of nitrogens with one attached hydrogen (secondary N) is 1. The highest BCUT2D eigenvalue weighted by molar-refractivity contribution is 6.31. The van der Waals surface area contributed by atoms with E-state index in [0.29, 0.717) is 16.3 Å². The SMILES string of the molecule is CC(C)(C)C(N)CC(=O)Nc1ccc(Cl)c(C#N)c1. The molecule has 4 nitrogen and oxygen atoms in total. The molecule has 0 radical (unpaired) electrons. The molecule has 3 N–H and O–H groups in total. The summed E-state index contributed by atoms with van der Waals surface area (Å²) in [4.78, 5) is 11.8. The first-order valence-electron chi connectivity index (χ1n) is 5.99. The fourth-order valence-electron chi connectivity index (χ4n) is 1.41. The van der Waals surface area contributed by atoms with E-state index in [1.54, 1.807) is 18.2 Å². The summed E-state index contributed by atoms with van der Waals surface area (Å²) in [6, 6.07) is 6.52. The maximum atomic E-state index is 11.8. The fraction of sp³-hybridized carbons (Fsp3) is 0.429. The van der Waals surface area contributed by atoms with Crippen LogP contribution in [0.4, 0.5) is 5.69 Å². The maximum Gasteiger partial charge on any atom is 0.225 e. The predicted octanol–water partition coefficient (Wildman–Crippen LogP) is 2.91. The topological polar surface area (TPSA) is 78.9 Å². The van der Waals surface area contributed by atoms with Gasteiger partial charge in [0.05, 0.1) is 10.6 Å². The fourth-order valence-corrected chi connectivity index (χ4v) is 1.57. The van der Waals surface area contributed by atoms with Gasteiger partial charge in [0.1, 0.15) is 6.07 Å². The largest absolute Gasteiger partial charge is 0.327 e. The number of hydrogen-bond donors (Lipinski definition) is 2. The Balaban J connectivity index is 2.71. The molecule has 102 valence electrons. The van der Waals surface area contributed by atoms with Gasteiger partial charge in [0.2, 0.25) is 5.91 Å². The summed E-state index contributed by atoms with van der Waals surface area (Å²) >= 11 is 5.82. The first-order valence-corrected chi connectivity index (χ1v) is 6.37. The van der Waals surface area contributed by atoms with Crippen molar-refractivity contribution >= 4 is 23.2 Å². The van der Waals surface area contributed by atoms with Gasteiger partial charge in [0.25, 0.3) is 0 Å². The van der Waals surface area contributed by atoms with Gasteiger partial charge in [-0.1, -0.05) is 32.4 Å². The number of halogens is 1. The second kappa shape index (κ2) is 6.05. The zero-order valence-corrected chi connectivity index (χ0v) is 12.1. The number of nitrogens with two attached hydrogens (primary N) is 1. The third-order valence-corrected chi connectivity index (χ3v) is 3.22. The van der Waals surface area contributed by atoms with Crippen LogP contribution in [0.2, 0.25) is 5.02 Å². The molecule has 1 aromatic carbocycles. The molecule has 1 aromatic rings.